The van der Waals surface area contributed by atoms with Gasteiger partial charge in [0.15, 0.2) is 0 Å². The van der Waals surface area contributed by atoms with Gasteiger partial charge in [0, 0.05) is 5.71 Å². The van der Waals surface area contributed by atoms with E-state index in [1.807, 2.05) is 0 Å². The standard InChI is InChI=1S/C6H9NO2/c1-4(5(2)7)6(8)9-3/h7H,1H2,2-3H3. The van der Waals surface area contributed by atoms with Gasteiger partial charge < -0.3 is 10.1 Å². The fourth-order valence-corrected chi connectivity index (χ4v) is 0.276. The Morgan fingerprint density at radius 3 is 2.22 bits per heavy atom. The summed E-state index contributed by atoms with van der Waals surface area (Å²) in [4.78, 5) is 10.5. The quantitative estimate of drug-likeness (QED) is 0.338. The molecule has 0 aliphatic carbocycles. The highest BCUT2D eigenvalue weighted by Crippen LogP contribution is 1.93. The molecule has 0 amide bonds. The van der Waals surface area contributed by atoms with Gasteiger partial charge in [0.05, 0.1) is 12.7 Å². The highest BCUT2D eigenvalue weighted by atomic mass is 16.5. The van der Waals surface area contributed by atoms with Gasteiger partial charge in [0.25, 0.3) is 0 Å². The number of carbonyl (C=O) groups excluding carboxylic acids is 1. The molecule has 0 rings (SSSR count). The molecule has 0 atom stereocenters. The molecule has 0 aliphatic heterocycles. The summed E-state index contributed by atoms with van der Waals surface area (Å²) >= 11 is 0. The fourth-order valence-electron chi connectivity index (χ4n) is 0.276. The van der Waals surface area contributed by atoms with Gasteiger partial charge in [-0.05, 0) is 6.92 Å². The Morgan fingerprint density at radius 1 is 1.67 bits per heavy atom. The first-order valence-electron chi connectivity index (χ1n) is 2.42. The molecular weight excluding hydrogens is 118 g/mol. The first kappa shape index (κ1) is 7.88. The van der Waals surface area contributed by atoms with E-state index in [0.29, 0.717) is 0 Å². The molecule has 3 nitrogen and oxygen atoms in total. The van der Waals surface area contributed by atoms with Gasteiger partial charge in [-0.15, -0.1) is 0 Å². The van der Waals surface area contributed by atoms with Crippen LogP contribution in [0.4, 0.5) is 0 Å². The second-order valence-corrected chi connectivity index (χ2v) is 1.60. The van der Waals surface area contributed by atoms with Crippen molar-refractivity contribution in [1.82, 2.24) is 0 Å². The summed E-state index contributed by atoms with van der Waals surface area (Å²) in [5.41, 5.74) is 0.249. The van der Waals surface area contributed by atoms with Crippen molar-refractivity contribution in [2.45, 2.75) is 6.92 Å². The van der Waals surface area contributed by atoms with Crippen LogP contribution in [0.5, 0.6) is 0 Å². The Labute approximate surface area is 53.8 Å². The molecular formula is C6H9NO2. The number of carbonyl (C=O) groups is 1. The van der Waals surface area contributed by atoms with Crippen LogP contribution >= 0.6 is 0 Å². The highest BCUT2D eigenvalue weighted by molar-refractivity contribution is 6.16. The molecule has 0 saturated heterocycles. The lowest BCUT2D eigenvalue weighted by Gasteiger charge is -1.97. The van der Waals surface area contributed by atoms with Gasteiger partial charge >= 0.3 is 5.97 Å². The average Bonchev–Trinajstić information content (AvgIpc) is 1.84. The van der Waals surface area contributed by atoms with E-state index in [9.17, 15) is 4.79 Å². The minimum atomic E-state index is -0.539. The Balaban J connectivity index is 4.05. The smallest absolute Gasteiger partial charge is 0.339 e. The van der Waals surface area contributed by atoms with Crippen LogP contribution in [0.15, 0.2) is 12.2 Å². The lowest BCUT2D eigenvalue weighted by atomic mass is 10.2. The molecule has 0 unspecified atom stereocenters. The Morgan fingerprint density at radius 2 is 2.11 bits per heavy atom. The summed E-state index contributed by atoms with van der Waals surface area (Å²) in [5.74, 6) is -0.539. The largest absolute Gasteiger partial charge is 0.465 e. The lowest BCUT2D eigenvalue weighted by molar-refractivity contribution is -0.135. The Kier molecular flexibility index (Phi) is 2.64. The van der Waals surface area contributed by atoms with E-state index in [4.69, 9.17) is 5.41 Å². The SMILES string of the molecule is C=C(C(C)=N)C(=O)OC. The van der Waals surface area contributed by atoms with Crippen LogP contribution in [0, 0.1) is 5.41 Å². The number of hydrogen-bond acceptors (Lipinski definition) is 3. The number of methoxy groups -OCH3 is 1. The van der Waals surface area contributed by atoms with Crippen LogP contribution in [0.2, 0.25) is 0 Å². The summed E-state index contributed by atoms with van der Waals surface area (Å²) in [6.45, 7) is 4.81. The maximum absolute atomic E-state index is 10.5. The van der Waals surface area contributed by atoms with Gasteiger partial charge in [-0.2, -0.15) is 0 Å². The molecule has 0 heterocycles. The average molecular weight is 127 g/mol. The number of ether oxygens (including phenoxy) is 1. The number of nitrogens with one attached hydrogen (secondary N) is 1. The summed E-state index contributed by atoms with van der Waals surface area (Å²) in [5, 5.41) is 6.93. The van der Waals surface area contributed by atoms with Crippen molar-refractivity contribution in [1.29, 1.82) is 5.41 Å². The molecule has 0 fully saturated rings. The molecule has 50 valence electrons. The zero-order valence-electron chi connectivity index (χ0n) is 5.52. The van der Waals surface area contributed by atoms with Crippen molar-refractivity contribution in [3.05, 3.63) is 12.2 Å². The zero-order valence-corrected chi connectivity index (χ0v) is 5.52. The van der Waals surface area contributed by atoms with Gasteiger partial charge in [-0.3, -0.25) is 0 Å². The van der Waals surface area contributed by atoms with E-state index in [-0.39, 0.29) is 11.3 Å². The summed E-state index contributed by atoms with van der Waals surface area (Å²) in [6, 6.07) is 0. The molecule has 0 spiro atoms. The molecule has 1 N–H and O–H groups in total. The zero-order chi connectivity index (χ0) is 7.44. The Bertz CT molecular complexity index is 160. The monoisotopic (exact) mass is 127 g/mol. The van der Waals surface area contributed by atoms with Crippen LogP contribution in [0.25, 0.3) is 0 Å². The topological polar surface area (TPSA) is 50.2 Å². The lowest BCUT2D eigenvalue weighted by Crippen LogP contribution is -2.09. The van der Waals surface area contributed by atoms with Crippen molar-refractivity contribution < 1.29 is 9.53 Å². The molecule has 0 radical (unpaired) electrons. The molecule has 9 heavy (non-hydrogen) atoms. The molecule has 0 aromatic carbocycles. The molecule has 0 aromatic heterocycles. The van der Waals surface area contributed by atoms with Gasteiger partial charge in [0.2, 0.25) is 0 Å². The normalized spacial score (nSPS) is 8.22. The summed E-state index contributed by atoms with van der Waals surface area (Å²) in [6.07, 6.45) is 0. The van der Waals surface area contributed by atoms with Crippen molar-refractivity contribution in [3.8, 4) is 0 Å². The van der Waals surface area contributed by atoms with Crippen molar-refractivity contribution >= 4 is 11.7 Å². The van der Waals surface area contributed by atoms with E-state index >= 15 is 0 Å². The van der Waals surface area contributed by atoms with Crippen LogP contribution in [-0.2, 0) is 9.53 Å². The maximum Gasteiger partial charge on any atom is 0.339 e. The van der Waals surface area contributed by atoms with Crippen LogP contribution in [0.1, 0.15) is 6.92 Å². The molecule has 0 saturated carbocycles. The first-order valence-corrected chi connectivity index (χ1v) is 2.42. The van der Waals surface area contributed by atoms with E-state index in [1.165, 1.54) is 14.0 Å². The van der Waals surface area contributed by atoms with E-state index < -0.39 is 5.97 Å². The predicted octanol–water partition coefficient (Wildman–Crippen LogP) is 0.755. The van der Waals surface area contributed by atoms with E-state index in [2.05, 4.69) is 11.3 Å². The first-order chi connectivity index (χ1) is 4.09. The molecule has 0 aliphatic rings. The maximum atomic E-state index is 10.5. The second kappa shape index (κ2) is 3.02. The summed E-state index contributed by atoms with van der Waals surface area (Å²) in [7, 11) is 1.26. The minimum Gasteiger partial charge on any atom is -0.465 e. The number of rotatable bonds is 2. The van der Waals surface area contributed by atoms with Gasteiger partial charge in [0.1, 0.15) is 0 Å². The van der Waals surface area contributed by atoms with Crippen molar-refractivity contribution in [3.63, 3.8) is 0 Å². The van der Waals surface area contributed by atoms with E-state index in [1.54, 1.807) is 0 Å². The predicted molar refractivity (Wildman–Crippen MR) is 34.6 cm³/mol. The van der Waals surface area contributed by atoms with E-state index in [0.717, 1.165) is 0 Å². The van der Waals surface area contributed by atoms with Crippen molar-refractivity contribution in [2.75, 3.05) is 7.11 Å². The molecule has 0 aromatic rings. The third-order valence-corrected chi connectivity index (χ3v) is 0.884. The highest BCUT2D eigenvalue weighted by Gasteiger charge is 2.06. The van der Waals surface area contributed by atoms with Crippen LogP contribution in [-0.4, -0.2) is 18.8 Å². The minimum absolute atomic E-state index is 0.109. The molecule has 3 heteroatoms. The van der Waals surface area contributed by atoms with Crippen LogP contribution < -0.4 is 0 Å². The fraction of sp³-hybridized carbons (Fsp3) is 0.333. The van der Waals surface area contributed by atoms with Gasteiger partial charge in [-0.25, -0.2) is 4.79 Å². The van der Waals surface area contributed by atoms with Crippen LogP contribution in [0.3, 0.4) is 0 Å². The number of esters is 1. The Hall–Kier alpha value is -1.12. The third kappa shape index (κ3) is 2.08. The second-order valence-electron chi connectivity index (χ2n) is 1.60. The number of hydrogen-bond donors (Lipinski definition) is 1. The third-order valence-electron chi connectivity index (χ3n) is 0.884. The summed E-state index contributed by atoms with van der Waals surface area (Å²) < 4.78 is 4.29. The van der Waals surface area contributed by atoms with Gasteiger partial charge in [-0.1, -0.05) is 6.58 Å². The molecule has 0 bridgehead atoms. The van der Waals surface area contributed by atoms with Crippen molar-refractivity contribution in [2.24, 2.45) is 0 Å².